The Morgan fingerprint density at radius 1 is 1.15 bits per heavy atom. The standard InChI is InChI=1S/C20H23N5O/c1-2-19-23-17-5-3-4-6-18(17)25(19)16-9-13-24(14-10-16)20(26)22-15-7-11-21-12-8-15/h3-8,11-12,16H,2,9-10,13-14H2,1H3,(H,21,22,26). The van der Waals surface area contributed by atoms with Crippen molar-refractivity contribution >= 4 is 22.8 Å². The zero-order chi connectivity index (χ0) is 17.9. The summed E-state index contributed by atoms with van der Waals surface area (Å²) in [4.78, 5) is 23.1. The first-order valence-corrected chi connectivity index (χ1v) is 9.18. The quantitative estimate of drug-likeness (QED) is 0.781. The smallest absolute Gasteiger partial charge is 0.321 e. The first kappa shape index (κ1) is 16.6. The molecule has 6 heteroatoms. The van der Waals surface area contributed by atoms with Gasteiger partial charge in [-0.15, -0.1) is 0 Å². The minimum Gasteiger partial charge on any atom is -0.325 e. The Kier molecular flexibility index (Phi) is 4.56. The zero-order valence-electron chi connectivity index (χ0n) is 14.9. The number of carbonyl (C=O) groups excluding carboxylic acids is 1. The first-order valence-electron chi connectivity index (χ1n) is 9.18. The molecule has 0 aliphatic carbocycles. The van der Waals surface area contributed by atoms with E-state index in [4.69, 9.17) is 4.98 Å². The van der Waals surface area contributed by atoms with E-state index in [0.29, 0.717) is 6.04 Å². The van der Waals surface area contributed by atoms with Crippen molar-refractivity contribution in [1.82, 2.24) is 19.4 Å². The predicted octanol–water partition coefficient (Wildman–Crippen LogP) is 3.86. The van der Waals surface area contributed by atoms with Gasteiger partial charge in [0.05, 0.1) is 11.0 Å². The van der Waals surface area contributed by atoms with Crippen LogP contribution in [-0.4, -0.2) is 38.6 Å². The molecule has 4 rings (SSSR count). The Morgan fingerprint density at radius 2 is 1.88 bits per heavy atom. The van der Waals surface area contributed by atoms with Gasteiger partial charge in [0.15, 0.2) is 0 Å². The number of carbonyl (C=O) groups is 1. The molecular weight excluding hydrogens is 326 g/mol. The van der Waals surface area contributed by atoms with Crippen molar-refractivity contribution in [1.29, 1.82) is 0 Å². The summed E-state index contributed by atoms with van der Waals surface area (Å²) in [7, 11) is 0. The lowest BCUT2D eigenvalue weighted by Gasteiger charge is -2.33. The van der Waals surface area contributed by atoms with Gasteiger partial charge >= 0.3 is 6.03 Å². The van der Waals surface area contributed by atoms with Crippen LogP contribution in [0.25, 0.3) is 11.0 Å². The number of fused-ring (bicyclic) bond motifs is 1. The number of likely N-dealkylation sites (tertiary alicyclic amines) is 1. The second-order valence-corrected chi connectivity index (χ2v) is 6.62. The number of urea groups is 1. The molecule has 0 atom stereocenters. The van der Waals surface area contributed by atoms with E-state index in [-0.39, 0.29) is 6.03 Å². The fourth-order valence-electron chi connectivity index (χ4n) is 3.72. The van der Waals surface area contributed by atoms with Crippen molar-refractivity contribution in [3.05, 3.63) is 54.6 Å². The van der Waals surface area contributed by atoms with E-state index in [1.807, 2.05) is 11.0 Å². The van der Waals surface area contributed by atoms with Crippen molar-refractivity contribution in [3.8, 4) is 0 Å². The Bertz CT molecular complexity index is 897. The molecule has 2 aromatic heterocycles. The van der Waals surface area contributed by atoms with Crippen LogP contribution < -0.4 is 5.32 Å². The van der Waals surface area contributed by atoms with Gasteiger partial charge in [0.25, 0.3) is 0 Å². The van der Waals surface area contributed by atoms with Crippen LogP contribution in [0.4, 0.5) is 10.5 Å². The van der Waals surface area contributed by atoms with Crippen molar-refractivity contribution in [3.63, 3.8) is 0 Å². The molecule has 1 aliphatic rings. The topological polar surface area (TPSA) is 63.1 Å². The van der Waals surface area contributed by atoms with Gasteiger partial charge in [-0.1, -0.05) is 19.1 Å². The molecule has 1 N–H and O–H groups in total. The van der Waals surface area contributed by atoms with Crippen molar-refractivity contribution in [2.24, 2.45) is 0 Å². The minimum absolute atomic E-state index is 0.0409. The lowest BCUT2D eigenvalue weighted by Crippen LogP contribution is -2.41. The van der Waals surface area contributed by atoms with E-state index < -0.39 is 0 Å². The van der Waals surface area contributed by atoms with E-state index in [2.05, 4.69) is 40.0 Å². The van der Waals surface area contributed by atoms with Gasteiger partial charge in [-0.05, 0) is 37.1 Å². The first-order chi connectivity index (χ1) is 12.8. The molecule has 3 aromatic rings. The fraction of sp³-hybridized carbons (Fsp3) is 0.350. The maximum atomic E-state index is 12.5. The van der Waals surface area contributed by atoms with Crippen molar-refractivity contribution in [2.45, 2.75) is 32.2 Å². The maximum absolute atomic E-state index is 12.5. The average molecular weight is 349 g/mol. The van der Waals surface area contributed by atoms with Crippen LogP contribution in [0, 0.1) is 0 Å². The van der Waals surface area contributed by atoms with Crippen LogP contribution in [0.1, 0.15) is 31.6 Å². The van der Waals surface area contributed by atoms with Crippen LogP contribution >= 0.6 is 0 Å². The summed E-state index contributed by atoms with van der Waals surface area (Å²) in [5.41, 5.74) is 3.03. The SMILES string of the molecule is CCc1nc2ccccc2n1C1CCN(C(=O)Nc2ccncc2)CC1. The highest BCUT2D eigenvalue weighted by molar-refractivity contribution is 5.89. The molecule has 0 bridgehead atoms. The third kappa shape index (κ3) is 3.14. The summed E-state index contributed by atoms with van der Waals surface area (Å²) in [6.07, 6.45) is 6.15. The third-order valence-electron chi connectivity index (χ3n) is 5.03. The van der Waals surface area contributed by atoms with E-state index in [9.17, 15) is 4.79 Å². The number of rotatable bonds is 3. The second-order valence-electron chi connectivity index (χ2n) is 6.62. The molecule has 3 heterocycles. The number of nitrogens with one attached hydrogen (secondary N) is 1. The lowest BCUT2D eigenvalue weighted by atomic mass is 10.0. The summed E-state index contributed by atoms with van der Waals surface area (Å²) in [5, 5.41) is 2.94. The summed E-state index contributed by atoms with van der Waals surface area (Å²) in [5.74, 6) is 1.13. The number of para-hydroxylation sites is 2. The van der Waals surface area contributed by atoms with Crippen LogP contribution in [-0.2, 0) is 6.42 Å². The molecule has 2 amide bonds. The normalized spacial score (nSPS) is 15.3. The van der Waals surface area contributed by atoms with E-state index in [1.54, 1.807) is 24.5 Å². The Hall–Kier alpha value is -2.89. The van der Waals surface area contributed by atoms with Gasteiger partial charge in [0.2, 0.25) is 0 Å². The number of aromatic nitrogens is 3. The van der Waals surface area contributed by atoms with Gasteiger partial charge < -0.3 is 14.8 Å². The highest BCUT2D eigenvalue weighted by Gasteiger charge is 2.26. The van der Waals surface area contributed by atoms with E-state index in [0.717, 1.165) is 49.4 Å². The monoisotopic (exact) mass is 349 g/mol. The number of imidazole rings is 1. The van der Waals surface area contributed by atoms with E-state index in [1.165, 1.54) is 5.52 Å². The van der Waals surface area contributed by atoms with Crippen LogP contribution in [0.3, 0.4) is 0 Å². The lowest BCUT2D eigenvalue weighted by molar-refractivity contribution is 0.184. The van der Waals surface area contributed by atoms with Gasteiger partial charge in [-0.3, -0.25) is 4.98 Å². The summed E-state index contributed by atoms with van der Waals surface area (Å²) < 4.78 is 2.38. The summed E-state index contributed by atoms with van der Waals surface area (Å²) in [6, 6.07) is 12.3. The number of benzene rings is 1. The average Bonchev–Trinajstić information content (AvgIpc) is 3.07. The molecule has 1 fully saturated rings. The number of aryl methyl sites for hydroxylation is 1. The molecule has 0 saturated carbocycles. The van der Waals surface area contributed by atoms with Gasteiger partial charge in [0.1, 0.15) is 5.82 Å². The molecular formula is C20H23N5O. The molecule has 1 aliphatic heterocycles. The van der Waals surface area contributed by atoms with Crippen molar-refractivity contribution < 1.29 is 4.79 Å². The van der Waals surface area contributed by atoms with Crippen LogP contribution in [0.5, 0.6) is 0 Å². The van der Waals surface area contributed by atoms with Crippen molar-refractivity contribution in [2.75, 3.05) is 18.4 Å². The molecule has 0 spiro atoms. The number of amides is 2. The third-order valence-corrected chi connectivity index (χ3v) is 5.03. The summed E-state index contributed by atoms with van der Waals surface area (Å²) >= 11 is 0. The number of hydrogen-bond donors (Lipinski definition) is 1. The fourth-order valence-corrected chi connectivity index (χ4v) is 3.72. The molecule has 6 nitrogen and oxygen atoms in total. The Morgan fingerprint density at radius 3 is 2.62 bits per heavy atom. The van der Waals surface area contributed by atoms with Gasteiger partial charge in [-0.25, -0.2) is 9.78 Å². The van der Waals surface area contributed by atoms with Crippen LogP contribution in [0.15, 0.2) is 48.8 Å². The van der Waals surface area contributed by atoms with Gasteiger partial charge in [0, 0.05) is 43.6 Å². The molecule has 1 aromatic carbocycles. The summed E-state index contributed by atoms with van der Waals surface area (Å²) in [6.45, 7) is 3.64. The Labute approximate surface area is 152 Å². The molecule has 26 heavy (non-hydrogen) atoms. The number of piperidine rings is 1. The van der Waals surface area contributed by atoms with Gasteiger partial charge in [-0.2, -0.15) is 0 Å². The number of pyridine rings is 1. The maximum Gasteiger partial charge on any atom is 0.321 e. The molecule has 0 unspecified atom stereocenters. The number of nitrogens with zero attached hydrogens (tertiary/aromatic N) is 4. The highest BCUT2D eigenvalue weighted by Crippen LogP contribution is 2.29. The zero-order valence-corrected chi connectivity index (χ0v) is 14.9. The van der Waals surface area contributed by atoms with E-state index >= 15 is 0 Å². The Balaban J connectivity index is 1.46. The molecule has 1 saturated heterocycles. The highest BCUT2D eigenvalue weighted by atomic mass is 16.2. The number of anilines is 1. The second kappa shape index (κ2) is 7.15. The molecule has 134 valence electrons. The van der Waals surface area contributed by atoms with Crippen LogP contribution in [0.2, 0.25) is 0 Å². The minimum atomic E-state index is -0.0409. The largest absolute Gasteiger partial charge is 0.325 e. The predicted molar refractivity (Wildman–Crippen MR) is 102 cm³/mol. The number of hydrogen-bond acceptors (Lipinski definition) is 3. The molecule has 0 radical (unpaired) electrons.